The van der Waals surface area contributed by atoms with Crippen LogP contribution in [0.3, 0.4) is 0 Å². The Balaban J connectivity index is 1.93. The molecule has 0 aromatic carbocycles. The van der Waals surface area contributed by atoms with Gasteiger partial charge in [-0.3, -0.25) is 10.3 Å². The van der Waals surface area contributed by atoms with E-state index >= 15 is 0 Å². The Bertz CT molecular complexity index is 351. The van der Waals surface area contributed by atoms with E-state index in [4.69, 9.17) is 11.1 Å². The topological polar surface area (TPSA) is 78.9 Å². The van der Waals surface area contributed by atoms with Crippen LogP contribution in [0.5, 0.6) is 0 Å². The Kier molecular flexibility index (Phi) is 3.46. The Morgan fingerprint density at radius 3 is 2.94 bits per heavy atom. The monoisotopic (exact) mass is 219 g/mol. The highest BCUT2D eigenvalue weighted by atomic mass is 15.2. The van der Waals surface area contributed by atoms with E-state index in [1.807, 2.05) is 6.07 Å². The summed E-state index contributed by atoms with van der Waals surface area (Å²) in [5.41, 5.74) is 5.55. The molecule has 0 aliphatic carbocycles. The quantitative estimate of drug-likeness (QED) is 0.577. The number of likely N-dealkylation sites (tertiary alicyclic amines) is 1. The standard InChI is InChI=1S/C11H17N5/c12-11(13)9-3-1-6-16(7-9)8-10-14-4-2-5-15-10/h2,4-5,9H,1,3,6-8H2,(H3,12,13). The zero-order chi connectivity index (χ0) is 11.4. The van der Waals surface area contributed by atoms with Crippen LogP contribution in [0.2, 0.25) is 0 Å². The maximum absolute atomic E-state index is 7.48. The molecule has 1 unspecified atom stereocenters. The molecule has 5 heteroatoms. The Labute approximate surface area is 95.2 Å². The molecule has 3 N–H and O–H groups in total. The molecular weight excluding hydrogens is 202 g/mol. The van der Waals surface area contributed by atoms with E-state index in [1.54, 1.807) is 12.4 Å². The lowest BCUT2D eigenvalue weighted by atomic mass is 9.97. The molecule has 16 heavy (non-hydrogen) atoms. The van der Waals surface area contributed by atoms with Crippen LogP contribution >= 0.6 is 0 Å². The molecule has 5 nitrogen and oxygen atoms in total. The third-order valence-corrected chi connectivity index (χ3v) is 2.93. The molecule has 0 radical (unpaired) electrons. The first kappa shape index (κ1) is 11.0. The van der Waals surface area contributed by atoms with Gasteiger partial charge in [0.2, 0.25) is 0 Å². The van der Waals surface area contributed by atoms with E-state index in [0.29, 0.717) is 5.84 Å². The minimum absolute atomic E-state index is 0.206. The number of amidine groups is 1. The molecule has 2 heterocycles. The first-order valence-electron chi connectivity index (χ1n) is 5.58. The maximum atomic E-state index is 7.48. The summed E-state index contributed by atoms with van der Waals surface area (Å²) in [6.45, 7) is 2.65. The van der Waals surface area contributed by atoms with E-state index in [2.05, 4.69) is 14.9 Å². The second kappa shape index (κ2) is 5.03. The maximum Gasteiger partial charge on any atom is 0.142 e. The summed E-state index contributed by atoms with van der Waals surface area (Å²) >= 11 is 0. The third kappa shape index (κ3) is 2.76. The van der Waals surface area contributed by atoms with Crippen molar-refractivity contribution in [1.82, 2.24) is 14.9 Å². The minimum atomic E-state index is 0.206. The molecule has 0 spiro atoms. The van der Waals surface area contributed by atoms with Crippen molar-refractivity contribution in [2.24, 2.45) is 11.7 Å². The molecule has 0 amide bonds. The molecule has 86 valence electrons. The molecule has 1 saturated heterocycles. The fourth-order valence-corrected chi connectivity index (χ4v) is 2.06. The van der Waals surface area contributed by atoms with Gasteiger partial charge in [-0.1, -0.05) is 0 Å². The molecular formula is C11H17N5. The number of nitrogens with one attached hydrogen (secondary N) is 1. The van der Waals surface area contributed by atoms with Crippen molar-refractivity contribution in [3.63, 3.8) is 0 Å². The predicted molar refractivity (Wildman–Crippen MR) is 61.9 cm³/mol. The minimum Gasteiger partial charge on any atom is -0.387 e. The number of nitrogens with two attached hydrogens (primary N) is 1. The second-order valence-corrected chi connectivity index (χ2v) is 4.19. The molecule has 0 saturated carbocycles. The number of nitrogens with zero attached hydrogens (tertiary/aromatic N) is 3. The van der Waals surface area contributed by atoms with Crippen molar-refractivity contribution in [3.05, 3.63) is 24.3 Å². The first-order valence-corrected chi connectivity index (χ1v) is 5.58. The Morgan fingerprint density at radius 1 is 1.50 bits per heavy atom. The molecule has 0 bridgehead atoms. The van der Waals surface area contributed by atoms with Gasteiger partial charge >= 0.3 is 0 Å². The van der Waals surface area contributed by atoms with Crippen molar-refractivity contribution >= 4 is 5.84 Å². The molecule has 1 aliphatic rings. The van der Waals surface area contributed by atoms with Crippen LogP contribution < -0.4 is 5.73 Å². The van der Waals surface area contributed by atoms with Crippen LogP contribution in [0.1, 0.15) is 18.7 Å². The summed E-state index contributed by atoms with van der Waals surface area (Å²) in [4.78, 5) is 10.7. The van der Waals surface area contributed by atoms with Crippen LogP contribution in [0.25, 0.3) is 0 Å². The van der Waals surface area contributed by atoms with Gasteiger partial charge < -0.3 is 5.73 Å². The first-order chi connectivity index (χ1) is 7.75. The lowest BCUT2D eigenvalue weighted by molar-refractivity contribution is 0.191. The van der Waals surface area contributed by atoms with Gasteiger partial charge in [0.25, 0.3) is 0 Å². The van der Waals surface area contributed by atoms with Gasteiger partial charge in [-0.25, -0.2) is 9.97 Å². The average molecular weight is 219 g/mol. The lowest BCUT2D eigenvalue weighted by Gasteiger charge is -2.31. The molecule has 1 fully saturated rings. The summed E-state index contributed by atoms with van der Waals surface area (Å²) in [6.07, 6.45) is 5.64. The summed E-state index contributed by atoms with van der Waals surface area (Å²) in [6, 6.07) is 1.82. The molecule has 1 aliphatic heterocycles. The van der Waals surface area contributed by atoms with Crippen molar-refractivity contribution in [1.29, 1.82) is 5.41 Å². The second-order valence-electron chi connectivity index (χ2n) is 4.19. The van der Waals surface area contributed by atoms with Gasteiger partial charge in [-0.2, -0.15) is 0 Å². The van der Waals surface area contributed by atoms with Crippen LogP contribution in [-0.2, 0) is 6.54 Å². The highest BCUT2D eigenvalue weighted by Crippen LogP contribution is 2.17. The van der Waals surface area contributed by atoms with Gasteiger partial charge in [-0.15, -0.1) is 0 Å². The van der Waals surface area contributed by atoms with Gasteiger partial charge in [0, 0.05) is 24.9 Å². The lowest BCUT2D eigenvalue weighted by Crippen LogP contribution is -2.40. The zero-order valence-electron chi connectivity index (χ0n) is 9.26. The van der Waals surface area contributed by atoms with E-state index in [0.717, 1.165) is 38.3 Å². The number of aromatic nitrogens is 2. The SMILES string of the molecule is N=C(N)C1CCCN(Cc2ncccn2)C1. The smallest absolute Gasteiger partial charge is 0.142 e. The van der Waals surface area contributed by atoms with Crippen molar-refractivity contribution in [3.8, 4) is 0 Å². The fraction of sp³-hybridized carbons (Fsp3) is 0.545. The number of hydrogen-bond acceptors (Lipinski definition) is 4. The summed E-state index contributed by atoms with van der Waals surface area (Å²) < 4.78 is 0. The fourth-order valence-electron chi connectivity index (χ4n) is 2.06. The molecule has 1 atom stereocenters. The summed E-state index contributed by atoms with van der Waals surface area (Å²) in [5.74, 6) is 1.35. The van der Waals surface area contributed by atoms with E-state index in [9.17, 15) is 0 Å². The summed E-state index contributed by atoms with van der Waals surface area (Å²) in [5, 5.41) is 7.48. The van der Waals surface area contributed by atoms with Crippen molar-refractivity contribution in [2.75, 3.05) is 13.1 Å². The largest absolute Gasteiger partial charge is 0.387 e. The van der Waals surface area contributed by atoms with Crippen molar-refractivity contribution < 1.29 is 0 Å². The van der Waals surface area contributed by atoms with Crippen LogP contribution in [-0.4, -0.2) is 33.8 Å². The molecule has 1 aromatic rings. The van der Waals surface area contributed by atoms with E-state index in [-0.39, 0.29) is 5.92 Å². The third-order valence-electron chi connectivity index (χ3n) is 2.93. The van der Waals surface area contributed by atoms with Gasteiger partial charge in [0.15, 0.2) is 0 Å². The molecule has 2 rings (SSSR count). The highest BCUT2D eigenvalue weighted by molar-refractivity contribution is 5.79. The Hall–Kier alpha value is -1.49. The average Bonchev–Trinajstić information content (AvgIpc) is 2.30. The van der Waals surface area contributed by atoms with Crippen LogP contribution in [0.15, 0.2) is 18.5 Å². The van der Waals surface area contributed by atoms with Gasteiger partial charge in [0.05, 0.1) is 12.4 Å². The normalized spacial score (nSPS) is 21.9. The highest BCUT2D eigenvalue weighted by Gasteiger charge is 2.22. The Morgan fingerprint density at radius 2 is 2.25 bits per heavy atom. The molecule has 1 aromatic heterocycles. The van der Waals surface area contributed by atoms with Gasteiger partial charge in [-0.05, 0) is 25.5 Å². The number of hydrogen-bond donors (Lipinski definition) is 2. The van der Waals surface area contributed by atoms with Gasteiger partial charge in [0.1, 0.15) is 5.82 Å². The zero-order valence-corrected chi connectivity index (χ0v) is 9.26. The van der Waals surface area contributed by atoms with E-state index < -0.39 is 0 Å². The number of rotatable bonds is 3. The predicted octanol–water partition coefficient (Wildman–Crippen LogP) is 0.625. The van der Waals surface area contributed by atoms with Crippen LogP contribution in [0.4, 0.5) is 0 Å². The number of piperidine rings is 1. The summed E-state index contributed by atoms with van der Waals surface area (Å²) in [7, 11) is 0. The van der Waals surface area contributed by atoms with Crippen molar-refractivity contribution in [2.45, 2.75) is 19.4 Å². The van der Waals surface area contributed by atoms with Crippen LogP contribution in [0, 0.1) is 11.3 Å². The van der Waals surface area contributed by atoms with E-state index in [1.165, 1.54) is 0 Å².